The molecule has 8 heteroatoms. The van der Waals surface area contributed by atoms with Gasteiger partial charge in [-0.2, -0.15) is 0 Å². The number of nitrogens with one attached hydrogen (secondary N) is 1. The molecule has 1 aliphatic carbocycles. The van der Waals surface area contributed by atoms with Crippen molar-refractivity contribution >= 4 is 23.0 Å². The molecule has 1 N–H and O–H groups in total. The van der Waals surface area contributed by atoms with Crippen LogP contribution >= 0.6 is 0 Å². The largest absolute Gasteiger partial charge is 0.497 e. The summed E-state index contributed by atoms with van der Waals surface area (Å²) in [4.78, 5) is 24.1. The van der Waals surface area contributed by atoms with Crippen LogP contribution in [0.4, 0.5) is 4.79 Å². The highest BCUT2D eigenvalue weighted by Crippen LogP contribution is 2.35. The summed E-state index contributed by atoms with van der Waals surface area (Å²) in [5.74, 6) is 1.45. The molecule has 1 aromatic heterocycles. The maximum absolute atomic E-state index is 12.4. The summed E-state index contributed by atoms with van der Waals surface area (Å²) >= 11 is 0. The molecule has 0 radical (unpaired) electrons. The molecule has 0 spiro atoms. The summed E-state index contributed by atoms with van der Waals surface area (Å²) in [5, 5.41) is 7.39. The van der Waals surface area contributed by atoms with Crippen molar-refractivity contribution in [2.24, 2.45) is 0 Å². The molecule has 2 heterocycles. The first-order valence-corrected chi connectivity index (χ1v) is 11.8. The minimum atomic E-state index is -1.40. The first-order chi connectivity index (χ1) is 17.4. The molecule has 2 amide bonds. The van der Waals surface area contributed by atoms with E-state index in [9.17, 15) is 9.59 Å². The number of fused-ring (bicyclic) bond motifs is 1. The highest BCUT2D eigenvalue weighted by Gasteiger charge is 2.47. The third kappa shape index (κ3) is 4.26. The number of hydrogen-bond acceptors (Lipinski definition) is 7. The van der Waals surface area contributed by atoms with Crippen LogP contribution in [0.15, 0.2) is 76.6 Å². The van der Waals surface area contributed by atoms with Gasteiger partial charge in [0.05, 0.1) is 7.11 Å². The highest BCUT2D eigenvalue weighted by atomic mass is 16.6. The fourth-order valence-corrected chi connectivity index (χ4v) is 4.37. The molecule has 184 valence electrons. The van der Waals surface area contributed by atoms with Crippen LogP contribution in [0.3, 0.4) is 0 Å². The number of ether oxygens (including phenoxy) is 3. The molecular weight excluding hydrogens is 460 g/mol. The predicted molar refractivity (Wildman–Crippen MR) is 134 cm³/mol. The number of benzene rings is 2. The Kier molecular flexibility index (Phi) is 6.10. The summed E-state index contributed by atoms with van der Waals surface area (Å²) in [7, 11) is 1.61. The molecule has 1 fully saturated rings. The van der Waals surface area contributed by atoms with Gasteiger partial charge in [0.2, 0.25) is 5.60 Å². The van der Waals surface area contributed by atoms with Gasteiger partial charge in [-0.3, -0.25) is 10.1 Å². The summed E-state index contributed by atoms with van der Waals surface area (Å²) < 4.78 is 22.4. The fraction of sp³-hybridized carbons (Fsp3) is 0.250. The van der Waals surface area contributed by atoms with E-state index in [-0.39, 0.29) is 0 Å². The van der Waals surface area contributed by atoms with E-state index >= 15 is 0 Å². The zero-order valence-electron chi connectivity index (χ0n) is 20.3. The van der Waals surface area contributed by atoms with Crippen molar-refractivity contribution in [2.45, 2.75) is 38.7 Å². The second-order valence-electron chi connectivity index (χ2n) is 8.79. The maximum Gasteiger partial charge on any atom is 0.415 e. The molecule has 1 atom stereocenters. The van der Waals surface area contributed by atoms with Gasteiger partial charge in [-0.05, 0) is 67.8 Å². The molecule has 36 heavy (non-hydrogen) atoms. The monoisotopic (exact) mass is 486 g/mol. The first kappa shape index (κ1) is 23.4. The molecule has 1 aliphatic heterocycles. The van der Waals surface area contributed by atoms with Crippen LogP contribution < -0.4 is 14.8 Å². The lowest BCUT2D eigenvalue weighted by atomic mass is 9.94. The van der Waals surface area contributed by atoms with E-state index in [2.05, 4.69) is 23.5 Å². The van der Waals surface area contributed by atoms with Crippen LogP contribution in [-0.2, 0) is 16.0 Å². The molecule has 8 nitrogen and oxygen atoms in total. The molecule has 2 aliphatic rings. The van der Waals surface area contributed by atoms with Crippen LogP contribution in [0.2, 0.25) is 0 Å². The second-order valence-corrected chi connectivity index (χ2v) is 8.79. The average molecular weight is 487 g/mol. The molecule has 0 saturated carbocycles. The van der Waals surface area contributed by atoms with Crippen LogP contribution in [0, 0.1) is 0 Å². The zero-order valence-corrected chi connectivity index (χ0v) is 20.3. The summed E-state index contributed by atoms with van der Waals surface area (Å²) in [5.41, 5.74) is 2.49. The normalized spacial score (nSPS) is 19.4. The third-order valence-electron chi connectivity index (χ3n) is 6.31. The van der Waals surface area contributed by atoms with E-state index in [1.165, 1.54) is 0 Å². The molecule has 3 aromatic rings. The highest BCUT2D eigenvalue weighted by molar-refractivity contribution is 6.05. The van der Waals surface area contributed by atoms with Gasteiger partial charge in [0, 0.05) is 22.6 Å². The van der Waals surface area contributed by atoms with Gasteiger partial charge in [0.15, 0.2) is 5.58 Å². The number of hydrogen-bond donors (Lipinski definition) is 1. The maximum atomic E-state index is 12.4. The number of cyclic esters (lactones) is 1. The Morgan fingerprint density at radius 2 is 2.03 bits per heavy atom. The van der Waals surface area contributed by atoms with Gasteiger partial charge in [-0.25, -0.2) is 4.79 Å². The van der Waals surface area contributed by atoms with Crippen LogP contribution in [0.5, 0.6) is 11.5 Å². The Balaban J connectivity index is 1.47. The molecule has 5 rings (SSSR count). The van der Waals surface area contributed by atoms with Crippen molar-refractivity contribution in [3.05, 3.63) is 77.6 Å². The van der Waals surface area contributed by atoms with Gasteiger partial charge >= 0.3 is 6.09 Å². The van der Waals surface area contributed by atoms with E-state index in [1.54, 1.807) is 20.1 Å². The van der Waals surface area contributed by atoms with E-state index in [0.29, 0.717) is 34.8 Å². The zero-order chi connectivity index (χ0) is 25.3. The number of amides is 2. The van der Waals surface area contributed by atoms with Crippen molar-refractivity contribution in [3.63, 3.8) is 0 Å². The number of allylic oxidation sites excluding steroid dienone is 3. The Bertz CT molecular complexity index is 1450. The Labute approximate surface area is 208 Å². The number of alkyl carbamates (subject to hydrolysis) is 1. The average Bonchev–Trinajstić information content (AvgIpc) is 3.30. The van der Waals surface area contributed by atoms with Crippen molar-refractivity contribution in [3.8, 4) is 22.8 Å². The van der Waals surface area contributed by atoms with E-state index in [0.717, 1.165) is 35.0 Å². The second kappa shape index (κ2) is 9.37. The lowest BCUT2D eigenvalue weighted by Crippen LogP contribution is -2.37. The SMILES string of the molecule is CCCc1cc(-c2noc3cc(OC)ccc23)ccc1OC1=CC([C@@]2(C)OC(=O)NC2=O)=CCC=C1. The molecular formula is C28H26N2O6. The van der Waals surface area contributed by atoms with Crippen molar-refractivity contribution in [1.29, 1.82) is 0 Å². The van der Waals surface area contributed by atoms with Crippen molar-refractivity contribution in [1.82, 2.24) is 10.5 Å². The Morgan fingerprint density at radius 3 is 2.78 bits per heavy atom. The van der Waals surface area contributed by atoms with Crippen molar-refractivity contribution < 1.29 is 28.3 Å². The first-order valence-electron chi connectivity index (χ1n) is 11.8. The van der Waals surface area contributed by atoms with Gasteiger partial charge in [0.25, 0.3) is 5.91 Å². The van der Waals surface area contributed by atoms with Gasteiger partial charge in [-0.1, -0.05) is 30.7 Å². The van der Waals surface area contributed by atoms with Gasteiger partial charge in [0.1, 0.15) is 23.0 Å². The minimum absolute atomic E-state index is 0.496. The van der Waals surface area contributed by atoms with E-state index < -0.39 is 17.6 Å². The number of nitrogens with zero attached hydrogens (tertiary/aromatic N) is 1. The molecule has 1 saturated heterocycles. The minimum Gasteiger partial charge on any atom is -0.497 e. The summed E-state index contributed by atoms with van der Waals surface area (Å²) in [6.45, 7) is 3.68. The summed E-state index contributed by atoms with van der Waals surface area (Å²) in [6, 6.07) is 11.6. The third-order valence-corrected chi connectivity index (χ3v) is 6.31. The number of aryl methyl sites for hydroxylation is 1. The summed E-state index contributed by atoms with van der Waals surface area (Å²) in [6.07, 6.45) is 8.91. The lowest BCUT2D eigenvalue weighted by Gasteiger charge is -2.21. The van der Waals surface area contributed by atoms with Crippen molar-refractivity contribution in [2.75, 3.05) is 7.11 Å². The lowest BCUT2D eigenvalue weighted by molar-refractivity contribution is -0.127. The van der Waals surface area contributed by atoms with Crippen LogP contribution in [0.25, 0.3) is 22.2 Å². The molecule has 0 unspecified atom stereocenters. The standard InChI is InChI=1S/C28H26N2O6/c1-4-7-17-14-18(25-22-12-11-20(33-3)16-24(22)36-30-25)10-13-23(17)34-21-9-6-5-8-19(15-21)28(2)26(31)29-27(32)35-28/h6,8-16H,4-5,7H2,1-3H3,(H,29,31,32)/t28-/m1/s1. The number of aromatic nitrogens is 1. The number of carbonyl (C=O) groups excluding carboxylic acids is 2. The van der Waals surface area contributed by atoms with Gasteiger partial charge < -0.3 is 18.7 Å². The van der Waals surface area contributed by atoms with E-state index in [4.69, 9.17) is 18.7 Å². The fourth-order valence-electron chi connectivity index (χ4n) is 4.37. The van der Waals surface area contributed by atoms with Crippen LogP contribution in [-0.4, -0.2) is 29.9 Å². The topological polar surface area (TPSA) is 99.9 Å². The van der Waals surface area contributed by atoms with Crippen LogP contribution in [0.1, 0.15) is 32.3 Å². The predicted octanol–water partition coefficient (Wildman–Crippen LogP) is 5.63. The smallest absolute Gasteiger partial charge is 0.415 e. The molecule has 2 aromatic carbocycles. The quantitative estimate of drug-likeness (QED) is 0.462. The number of imide groups is 1. The Morgan fingerprint density at radius 1 is 1.17 bits per heavy atom. The molecule has 0 bridgehead atoms. The Hall–Kier alpha value is -4.33. The van der Waals surface area contributed by atoms with E-state index in [1.807, 2.05) is 48.6 Å². The number of methoxy groups -OCH3 is 1. The number of carbonyl (C=O) groups is 2. The van der Waals surface area contributed by atoms with Gasteiger partial charge in [-0.15, -0.1) is 0 Å². The number of rotatable bonds is 7.